The molecule has 22 heavy (non-hydrogen) atoms. The fourth-order valence-corrected chi connectivity index (χ4v) is 2.40. The van der Waals surface area contributed by atoms with Gasteiger partial charge in [0.05, 0.1) is 26.3 Å². The summed E-state index contributed by atoms with van der Waals surface area (Å²) in [5, 5.41) is 1.55. The van der Waals surface area contributed by atoms with Gasteiger partial charge < -0.3 is 14.3 Å². The van der Waals surface area contributed by atoms with Gasteiger partial charge in [-0.15, -0.1) is 0 Å². The number of hydrogen-bond acceptors (Lipinski definition) is 6. The summed E-state index contributed by atoms with van der Waals surface area (Å²) < 4.78 is 9.52. The molecular formula is C16H19NO5. The summed E-state index contributed by atoms with van der Waals surface area (Å²) in [5.74, 6) is -0.873. The lowest BCUT2D eigenvalue weighted by Crippen LogP contribution is -2.44. The van der Waals surface area contributed by atoms with Crippen molar-refractivity contribution >= 4 is 17.6 Å². The van der Waals surface area contributed by atoms with E-state index in [-0.39, 0.29) is 12.2 Å². The summed E-state index contributed by atoms with van der Waals surface area (Å²) in [4.78, 5) is 29.4. The van der Waals surface area contributed by atoms with Crippen LogP contribution >= 0.6 is 0 Å². The number of benzene rings is 1. The summed E-state index contributed by atoms with van der Waals surface area (Å²) >= 11 is 0. The van der Waals surface area contributed by atoms with Crippen LogP contribution in [0.15, 0.2) is 41.7 Å². The van der Waals surface area contributed by atoms with E-state index in [0.717, 1.165) is 5.69 Å². The number of para-hydroxylation sites is 1. The number of methoxy groups -OCH3 is 2. The lowest BCUT2D eigenvalue weighted by molar-refractivity contribution is -0.141. The highest BCUT2D eigenvalue weighted by Gasteiger charge is 2.48. The zero-order valence-corrected chi connectivity index (χ0v) is 13.1. The van der Waals surface area contributed by atoms with E-state index in [0.29, 0.717) is 5.57 Å². The number of carbonyl (C=O) groups is 2. The molecular weight excluding hydrogens is 286 g/mol. The lowest BCUT2D eigenvalue weighted by Gasteiger charge is -2.34. The zero-order chi connectivity index (χ0) is 16.3. The van der Waals surface area contributed by atoms with Gasteiger partial charge in [-0.25, -0.2) is 4.79 Å². The molecule has 0 radical (unpaired) electrons. The topological polar surface area (TPSA) is 65.1 Å². The van der Waals surface area contributed by atoms with E-state index in [1.54, 1.807) is 12.0 Å². The van der Waals surface area contributed by atoms with Crippen molar-refractivity contribution in [2.75, 3.05) is 19.3 Å². The van der Waals surface area contributed by atoms with Crippen molar-refractivity contribution in [3.63, 3.8) is 0 Å². The third-order valence-electron chi connectivity index (χ3n) is 3.86. The van der Waals surface area contributed by atoms with Gasteiger partial charge in [0, 0.05) is 5.57 Å². The zero-order valence-electron chi connectivity index (χ0n) is 13.1. The summed E-state index contributed by atoms with van der Waals surface area (Å²) in [6.45, 7) is 3.57. The Morgan fingerprint density at radius 1 is 1.18 bits per heavy atom. The number of rotatable bonds is 4. The predicted molar refractivity (Wildman–Crippen MR) is 79.8 cm³/mol. The minimum Gasteiger partial charge on any atom is -0.469 e. The Bertz CT molecular complexity index is 610. The molecule has 2 rings (SSSR count). The van der Waals surface area contributed by atoms with Crippen molar-refractivity contribution in [1.29, 1.82) is 0 Å². The first kappa shape index (κ1) is 15.9. The maximum absolute atomic E-state index is 11.9. The Morgan fingerprint density at radius 3 is 2.36 bits per heavy atom. The molecule has 1 atom stereocenters. The van der Waals surface area contributed by atoms with Crippen molar-refractivity contribution in [1.82, 2.24) is 0 Å². The summed E-state index contributed by atoms with van der Waals surface area (Å²) in [6, 6.07) is 9.25. The Morgan fingerprint density at radius 2 is 1.82 bits per heavy atom. The molecule has 0 N–H and O–H groups in total. The second-order valence-corrected chi connectivity index (χ2v) is 5.19. The molecule has 0 aromatic heterocycles. The average Bonchev–Trinajstić information content (AvgIpc) is 2.79. The normalized spacial score (nSPS) is 20.6. The molecule has 1 aromatic carbocycles. The molecule has 1 aliphatic heterocycles. The van der Waals surface area contributed by atoms with Crippen molar-refractivity contribution in [2.24, 2.45) is 0 Å². The average molecular weight is 305 g/mol. The predicted octanol–water partition coefficient (Wildman–Crippen LogP) is 2.21. The van der Waals surface area contributed by atoms with Gasteiger partial charge in [-0.1, -0.05) is 18.2 Å². The highest BCUT2D eigenvalue weighted by molar-refractivity contribution is 5.89. The van der Waals surface area contributed by atoms with Crippen LogP contribution in [0.4, 0.5) is 5.69 Å². The second kappa shape index (κ2) is 6.09. The van der Waals surface area contributed by atoms with Crippen molar-refractivity contribution < 1.29 is 23.9 Å². The number of ether oxygens (including phenoxy) is 2. The number of nitrogens with zero attached hydrogens (tertiary/aromatic N) is 1. The van der Waals surface area contributed by atoms with Gasteiger partial charge in [0.25, 0.3) is 0 Å². The number of anilines is 1. The summed E-state index contributed by atoms with van der Waals surface area (Å²) in [5.41, 5.74) is 0.513. The fraction of sp³-hybridized carbons (Fsp3) is 0.375. The first-order chi connectivity index (χ1) is 10.4. The quantitative estimate of drug-likeness (QED) is 0.795. The van der Waals surface area contributed by atoms with Crippen LogP contribution in [0.3, 0.4) is 0 Å². The molecule has 0 fully saturated rings. The van der Waals surface area contributed by atoms with E-state index in [1.807, 2.05) is 37.3 Å². The monoisotopic (exact) mass is 305 g/mol. The molecule has 0 amide bonds. The van der Waals surface area contributed by atoms with Crippen LogP contribution in [0.2, 0.25) is 0 Å². The first-order valence-corrected chi connectivity index (χ1v) is 6.83. The standard InChI is InChI=1S/C16H19NO5/c1-11-14(15(19)21-4)22-17(12-8-6-5-7-9-12)16(11,2)10-13(18)20-3/h5-9H,10H2,1-4H3. The van der Waals surface area contributed by atoms with Gasteiger partial charge >= 0.3 is 11.9 Å². The highest BCUT2D eigenvalue weighted by Crippen LogP contribution is 2.41. The van der Waals surface area contributed by atoms with E-state index in [2.05, 4.69) is 0 Å². The van der Waals surface area contributed by atoms with Crippen molar-refractivity contribution in [2.45, 2.75) is 25.8 Å². The van der Waals surface area contributed by atoms with Crippen molar-refractivity contribution in [3.05, 3.63) is 41.7 Å². The van der Waals surface area contributed by atoms with Crippen LogP contribution in [-0.2, 0) is 23.9 Å². The number of hydroxylamine groups is 1. The van der Waals surface area contributed by atoms with E-state index in [9.17, 15) is 9.59 Å². The molecule has 6 heteroatoms. The minimum absolute atomic E-state index is 0.0464. The Hall–Kier alpha value is -2.50. The molecule has 0 aliphatic carbocycles. The lowest BCUT2D eigenvalue weighted by atomic mass is 9.88. The van der Waals surface area contributed by atoms with E-state index in [1.165, 1.54) is 14.2 Å². The molecule has 0 saturated heterocycles. The van der Waals surface area contributed by atoms with E-state index >= 15 is 0 Å². The Balaban J connectivity index is 2.46. The largest absolute Gasteiger partial charge is 0.469 e. The molecule has 0 saturated carbocycles. The maximum atomic E-state index is 11.9. The summed E-state index contributed by atoms with van der Waals surface area (Å²) in [7, 11) is 2.61. The van der Waals surface area contributed by atoms with Gasteiger partial charge in [-0.05, 0) is 26.0 Å². The van der Waals surface area contributed by atoms with Crippen LogP contribution < -0.4 is 5.06 Å². The van der Waals surface area contributed by atoms with E-state index in [4.69, 9.17) is 14.3 Å². The smallest absolute Gasteiger partial charge is 0.376 e. The highest BCUT2D eigenvalue weighted by atomic mass is 16.7. The molecule has 118 valence electrons. The van der Waals surface area contributed by atoms with Crippen LogP contribution in [-0.4, -0.2) is 31.7 Å². The molecule has 1 heterocycles. The van der Waals surface area contributed by atoms with Crippen LogP contribution in [0, 0.1) is 0 Å². The third kappa shape index (κ3) is 2.64. The van der Waals surface area contributed by atoms with Gasteiger partial charge in [-0.3, -0.25) is 4.79 Å². The first-order valence-electron chi connectivity index (χ1n) is 6.83. The maximum Gasteiger partial charge on any atom is 0.376 e. The molecule has 1 aromatic rings. The van der Waals surface area contributed by atoms with Crippen LogP contribution in [0.25, 0.3) is 0 Å². The van der Waals surface area contributed by atoms with Crippen LogP contribution in [0.5, 0.6) is 0 Å². The molecule has 6 nitrogen and oxygen atoms in total. The molecule has 0 spiro atoms. The fourth-order valence-electron chi connectivity index (χ4n) is 2.40. The summed E-state index contributed by atoms with van der Waals surface area (Å²) in [6.07, 6.45) is 0.0464. The van der Waals surface area contributed by atoms with Gasteiger partial charge in [0.15, 0.2) is 0 Å². The molecule has 1 aliphatic rings. The van der Waals surface area contributed by atoms with Gasteiger partial charge in [0.2, 0.25) is 5.76 Å². The van der Waals surface area contributed by atoms with Crippen molar-refractivity contribution in [3.8, 4) is 0 Å². The second-order valence-electron chi connectivity index (χ2n) is 5.19. The SMILES string of the molecule is COC(=O)CC1(C)C(C)=C(C(=O)OC)ON1c1ccccc1. The minimum atomic E-state index is -0.835. The Labute approximate surface area is 129 Å². The van der Waals surface area contributed by atoms with E-state index < -0.39 is 17.5 Å². The number of hydrogen-bond donors (Lipinski definition) is 0. The number of carbonyl (C=O) groups excluding carboxylic acids is 2. The Kier molecular flexibility index (Phi) is 4.40. The van der Waals surface area contributed by atoms with Gasteiger partial charge in [0.1, 0.15) is 5.54 Å². The number of esters is 2. The molecule has 1 unspecified atom stereocenters. The third-order valence-corrected chi connectivity index (χ3v) is 3.86. The van der Waals surface area contributed by atoms with Crippen LogP contribution in [0.1, 0.15) is 20.3 Å². The molecule has 0 bridgehead atoms. The van der Waals surface area contributed by atoms with Gasteiger partial charge in [-0.2, -0.15) is 5.06 Å².